The minimum Gasteiger partial charge on any atom is -0.384 e. The van der Waals surface area contributed by atoms with E-state index in [4.69, 9.17) is 4.98 Å². The molecule has 0 bridgehead atoms. The molecule has 4 heterocycles. The lowest BCUT2D eigenvalue weighted by atomic mass is 9.70. The van der Waals surface area contributed by atoms with Gasteiger partial charge in [0.15, 0.2) is 0 Å². The number of pyridine rings is 1. The second-order valence-electron chi connectivity index (χ2n) is 11.5. The third kappa shape index (κ3) is 5.05. The summed E-state index contributed by atoms with van der Waals surface area (Å²) in [5.41, 5.74) is 7.26. The minimum absolute atomic E-state index is 0.294. The van der Waals surface area contributed by atoms with Crippen LogP contribution in [0.5, 0.6) is 0 Å². The van der Waals surface area contributed by atoms with Crippen LogP contribution in [0.2, 0.25) is 0 Å². The van der Waals surface area contributed by atoms with Crippen molar-refractivity contribution < 1.29 is 5.11 Å². The van der Waals surface area contributed by atoms with Crippen molar-refractivity contribution in [1.82, 2.24) is 29.7 Å². The lowest BCUT2D eigenvalue weighted by molar-refractivity contribution is 0.0729. The Morgan fingerprint density at radius 2 is 1.23 bits per heavy atom. The van der Waals surface area contributed by atoms with Gasteiger partial charge >= 0.3 is 0 Å². The van der Waals surface area contributed by atoms with E-state index in [2.05, 4.69) is 102 Å². The molecule has 1 unspecified atom stereocenters. The van der Waals surface area contributed by atoms with Gasteiger partial charge in [0, 0.05) is 46.5 Å². The Balaban J connectivity index is 1.39. The quantitative estimate of drug-likeness (QED) is 0.254. The van der Waals surface area contributed by atoms with Crippen molar-refractivity contribution >= 4 is 0 Å². The first kappa shape index (κ1) is 27.3. The van der Waals surface area contributed by atoms with Gasteiger partial charge < -0.3 is 5.11 Å². The highest BCUT2D eigenvalue weighted by Crippen LogP contribution is 2.39. The Bertz CT molecular complexity index is 1580. The van der Waals surface area contributed by atoms with Crippen LogP contribution in [0.1, 0.15) is 63.0 Å². The maximum absolute atomic E-state index is 10.2. The van der Waals surface area contributed by atoms with Gasteiger partial charge in [-0.3, -0.25) is 9.55 Å². The average Bonchev–Trinajstić information content (AvgIpc) is 3.29. The van der Waals surface area contributed by atoms with Gasteiger partial charge in [-0.1, -0.05) is 38.1 Å². The van der Waals surface area contributed by atoms with E-state index in [1.165, 1.54) is 5.56 Å². The molecule has 0 aliphatic carbocycles. The second-order valence-corrected chi connectivity index (χ2v) is 11.5. The molecule has 0 aliphatic rings. The normalized spacial score (nSPS) is 13.4. The number of benzene rings is 1. The summed E-state index contributed by atoms with van der Waals surface area (Å²) in [6, 6.07) is 20.6. The number of nitrogens with zero attached hydrogens (tertiary/aromatic N) is 6. The van der Waals surface area contributed by atoms with Gasteiger partial charge in [-0.2, -0.15) is 10.2 Å². The van der Waals surface area contributed by atoms with E-state index < -0.39 is 5.60 Å². The van der Waals surface area contributed by atoms with Crippen LogP contribution in [-0.4, -0.2) is 34.8 Å². The minimum atomic E-state index is -1.03. The van der Waals surface area contributed by atoms with Crippen LogP contribution in [0.3, 0.4) is 0 Å². The maximum atomic E-state index is 10.2. The van der Waals surface area contributed by atoms with E-state index in [9.17, 15) is 5.11 Å². The molecule has 4 aromatic heterocycles. The second kappa shape index (κ2) is 10.4. The van der Waals surface area contributed by atoms with E-state index in [0.29, 0.717) is 17.6 Å². The van der Waals surface area contributed by atoms with E-state index in [0.717, 1.165) is 39.5 Å². The summed E-state index contributed by atoms with van der Waals surface area (Å²) in [5, 5.41) is 18.7. The van der Waals surface area contributed by atoms with Crippen molar-refractivity contribution in [2.24, 2.45) is 5.92 Å². The summed E-state index contributed by atoms with van der Waals surface area (Å²) < 4.78 is 2.05. The fourth-order valence-corrected chi connectivity index (χ4v) is 5.02. The zero-order valence-corrected chi connectivity index (χ0v) is 24.2. The van der Waals surface area contributed by atoms with Crippen LogP contribution in [0.15, 0.2) is 79.3 Å². The van der Waals surface area contributed by atoms with Crippen LogP contribution in [0.4, 0.5) is 0 Å². The monoisotopic (exact) mass is 532 g/mol. The molecule has 0 saturated carbocycles. The molecule has 0 radical (unpaired) electrons. The van der Waals surface area contributed by atoms with E-state index in [1.54, 1.807) is 19.9 Å². The van der Waals surface area contributed by atoms with Crippen molar-refractivity contribution in [1.29, 1.82) is 0 Å². The molecule has 204 valence electrons. The standard InChI is InChI=1S/C33H36N6O/c1-21(2)33(7,30-16-12-25(18-34-30)28-15-17-29(38-37-28)32(5,6)40)27-13-10-24(11-14-27)26-19-35-31(36-20-26)39-22(3)8-9-23(39)4/h8-21,40H,1-7H3. The Labute approximate surface area is 236 Å². The van der Waals surface area contributed by atoms with E-state index in [1.807, 2.05) is 30.7 Å². The van der Waals surface area contributed by atoms with E-state index in [-0.39, 0.29) is 5.41 Å². The van der Waals surface area contributed by atoms with Crippen LogP contribution >= 0.6 is 0 Å². The van der Waals surface area contributed by atoms with E-state index >= 15 is 0 Å². The van der Waals surface area contributed by atoms with Gasteiger partial charge in [0.25, 0.3) is 0 Å². The summed E-state index contributed by atoms with van der Waals surface area (Å²) in [7, 11) is 0. The van der Waals surface area contributed by atoms with Gasteiger partial charge in [-0.15, -0.1) is 0 Å². The molecule has 0 amide bonds. The van der Waals surface area contributed by atoms with Crippen molar-refractivity contribution in [3.8, 4) is 28.3 Å². The zero-order valence-electron chi connectivity index (χ0n) is 24.2. The number of aromatic nitrogens is 6. The third-order valence-corrected chi connectivity index (χ3v) is 7.96. The summed E-state index contributed by atoms with van der Waals surface area (Å²) in [6.45, 7) is 14.2. The Morgan fingerprint density at radius 1 is 0.650 bits per heavy atom. The predicted octanol–water partition coefficient (Wildman–Crippen LogP) is 6.59. The predicted molar refractivity (Wildman–Crippen MR) is 158 cm³/mol. The highest BCUT2D eigenvalue weighted by molar-refractivity contribution is 5.63. The lowest BCUT2D eigenvalue weighted by Crippen LogP contribution is -2.31. The van der Waals surface area contributed by atoms with Gasteiger partial charge in [0.2, 0.25) is 5.95 Å². The Hall–Kier alpha value is -4.23. The zero-order chi connectivity index (χ0) is 28.7. The number of hydrogen-bond acceptors (Lipinski definition) is 6. The van der Waals surface area contributed by atoms with Gasteiger partial charge in [0.05, 0.1) is 17.1 Å². The molecule has 0 spiro atoms. The molecular weight excluding hydrogens is 496 g/mol. The topological polar surface area (TPSA) is 89.6 Å². The number of aliphatic hydroxyl groups is 1. The number of aryl methyl sites for hydroxylation is 2. The van der Waals surface area contributed by atoms with Crippen molar-refractivity contribution in [2.75, 3.05) is 0 Å². The molecule has 7 nitrogen and oxygen atoms in total. The largest absolute Gasteiger partial charge is 0.384 e. The third-order valence-electron chi connectivity index (χ3n) is 7.96. The fraction of sp³-hybridized carbons (Fsp3) is 0.303. The summed E-state index contributed by atoms with van der Waals surface area (Å²) in [5.74, 6) is 0.986. The van der Waals surface area contributed by atoms with Crippen molar-refractivity contribution in [3.05, 3.63) is 108 Å². The van der Waals surface area contributed by atoms with Crippen molar-refractivity contribution in [3.63, 3.8) is 0 Å². The molecule has 0 aliphatic heterocycles. The molecular formula is C33H36N6O. The lowest BCUT2D eigenvalue weighted by Gasteiger charge is -2.34. The molecule has 5 rings (SSSR count). The Kier molecular flexibility index (Phi) is 7.10. The van der Waals surface area contributed by atoms with Crippen molar-refractivity contribution in [2.45, 2.75) is 59.5 Å². The summed E-state index contributed by atoms with van der Waals surface area (Å²) >= 11 is 0. The number of hydrogen-bond donors (Lipinski definition) is 1. The van der Waals surface area contributed by atoms with Gasteiger partial charge in [-0.05, 0) is 88.1 Å². The fourth-order valence-electron chi connectivity index (χ4n) is 5.02. The molecule has 5 aromatic rings. The summed E-state index contributed by atoms with van der Waals surface area (Å²) in [6.07, 6.45) is 5.62. The molecule has 40 heavy (non-hydrogen) atoms. The Morgan fingerprint density at radius 3 is 1.73 bits per heavy atom. The van der Waals surface area contributed by atoms with Gasteiger partial charge in [0.1, 0.15) is 5.60 Å². The van der Waals surface area contributed by atoms with Crippen LogP contribution < -0.4 is 0 Å². The smallest absolute Gasteiger partial charge is 0.234 e. The average molecular weight is 533 g/mol. The highest BCUT2D eigenvalue weighted by Gasteiger charge is 2.34. The van der Waals surface area contributed by atoms with Gasteiger partial charge in [-0.25, -0.2) is 9.97 Å². The van der Waals surface area contributed by atoms with Crippen LogP contribution in [0.25, 0.3) is 28.3 Å². The first-order chi connectivity index (χ1) is 19.0. The van der Waals surface area contributed by atoms with Crippen LogP contribution in [0, 0.1) is 19.8 Å². The highest BCUT2D eigenvalue weighted by atomic mass is 16.3. The first-order valence-corrected chi connectivity index (χ1v) is 13.6. The molecule has 1 N–H and O–H groups in total. The molecule has 1 atom stereocenters. The summed E-state index contributed by atoms with van der Waals surface area (Å²) in [4.78, 5) is 14.2. The molecule has 7 heteroatoms. The van der Waals surface area contributed by atoms with Crippen LogP contribution in [-0.2, 0) is 11.0 Å². The maximum Gasteiger partial charge on any atom is 0.234 e. The molecule has 0 fully saturated rings. The molecule has 1 aromatic carbocycles. The number of rotatable bonds is 7. The SMILES string of the molecule is Cc1ccc(C)n1-c1ncc(-c2ccc(C(C)(c3ccc(-c4ccc(C(C)(C)O)nn4)cn3)C(C)C)cc2)cn1. The first-order valence-electron chi connectivity index (χ1n) is 13.6. The molecule has 0 saturated heterocycles.